The van der Waals surface area contributed by atoms with Gasteiger partial charge in [-0.15, -0.1) is 11.3 Å². The zero-order valence-electron chi connectivity index (χ0n) is 15.1. The number of imidazole rings is 1. The summed E-state index contributed by atoms with van der Waals surface area (Å²) in [5.74, 6) is -0.187. The fraction of sp³-hybridized carbons (Fsp3) is 0.150. The van der Waals surface area contributed by atoms with Crippen molar-refractivity contribution in [2.45, 2.75) is 6.54 Å². The number of fused-ring (bicyclic) bond motifs is 1. The quantitative estimate of drug-likeness (QED) is 0.575. The van der Waals surface area contributed by atoms with Gasteiger partial charge in [0.25, 0.3) is 5.91 Å². The number of hydrogen-bond acceptors (Lipinski definition) is 5. The summed E-state index contributed by atoms with van der Waals surface area (Å²) in [5.41, 5.74) is 4.15. The highest BCUT2D eigenvalue weighted by Gasteiger charge is 2.12. The van der Waals surface area contributed by atoms with E-state index in [1.54, 1.807) is 12.1 Å². The minimum atomic E-state index is -0.187. The van der Waals surface area contributed by atoms with Crippen LogP contribution in [0.15, 0.2) is 60.2 Å². The van der Waals surface area contributed by atoms with E-state index in [1.807, 2.05) is 71.5 Å². The summed E-state index contributed by atoms with van der Waals surface area (Å²) in [6, 6.07) is 13.5. The smallest absolute Gasteiger partial charge is 0.257 e. The lowest BCUT2D eigenvalue weighted by atomic mass is 10.2. The molecule has 0 saturated heterocycles. The van der Waals surface area contributed by atoms with Gasteiger partial charge >= 0.3 is 0 Å². The highest BCUT2D eigenvalue weighted by Crippen LogP contribution is 2.20. The molecular weight excluding hydrogens is 358 g/mol. The summed E-state index contributed by atoms with van der Waals surface area (Å²) in [6.07, 6.45) is 3.81. The van der Waals surface area contributed by atoms with Crippen molar-refractivity contribution in [3.05, 3.63) is 71.5 Å². The summed E-state index contributed by atoms with van der Waals surface area (Å²) in [5, 5.41) is 5.43. The van der Waals surface area contributed by atoms with E-state index in [-0.39, 0.29) is 5.91 Å². The number of rotatable bonds is 5. The fourth-order valence-electron chi connectivity index (χ4n) is 2.80. The lowest BCUT2D eigenvalue weighted by molar-refractivity contribution is 0.102. The van der Waals surface area contributed by atoms with Crippen LogP contribution in [-0.4, -0.2) is 39.3 Å². The minimum Gasteiger partial charge on any atom is -0.306 e. The molecular formula is C20H19N5OS. The molecule has 27 heavy (non-hydrogen) atoms. The Morgan fingerprint density at radius 1 is 1.19 bits per heavy atom. The van der Waals surface area contributed by atoms with Crippen LogP contribution in [0.25, 0.3) is 16.9 Å². The number of aromatic nitrogens is 3. The van der Waals surface area contributed by atoms with Crippen molar-refractivity contribution in [3.8, 4) is 11.3 Å². The van der Waals surface area contributed by atoms with Gasteiger partial charge in [0.2, 0.25) is 0 Å². The van der Waals surface area contributed by atoms with Gasteiger partial charge in [-0.25, -0.2) is 9.97 Å². The van der Waals surface area contributed by atoms with Crippen LogP contribution in [0.3, 0.4) is 0 Å². The SMILES string of the molecule is CN(C)Cc1csc(NC(=O)c2ccn3cc(-c4ccccc4)nc3c2)n1. The molecule has 0 aliphatic rings. The predicted octanol–water partition coefficient (Wildman–Crippen LogP) is 3.77. The Morgan fingerprint density at radius 2 is 2.00 bits per heavy atom. The molecule has 0 unspecified atom stereocenters. The number of benzene rings is 1. The zero-order valence-corrected chi connectivity index (χ0v) is 15.9. The van der Waals surface area contributed by atoms with Crippen molar-refractivity contribution < 1.29 is 4.79 Å². The second kappa shape index (κ2) is 7.30. The maximum Gasteiger partial charge on any atom is 0.257 e. The van der Waals surface area contributed by atoms with Gasteiger partial charge in [-0.05, 0) is 26.2 Å². The van der Waals surface area contributed by atoms with Crippen molar-refractivity contribution in [2.24, 2.45) is 0 Å². The van der Waals surface area contributed by atoms with E-state index in [9.17, 15) is 4.79 Å². The predicted molar refractivity (Wildman–Crippen MR) is 108 cm³/mol. The first-order valence-electron chi connectivity index (χ1n) is 8.53. The molecule has 3 heterocycles. The molecule has 0 radical (unpaired) electrons. The standard InChI is InChI=1S/C20H19N5OS/c1-24(2)11-16-13-27-20(21-16)23-19(26)15-8-9-25-12-17(22-18(25)10-15)14-6-4-3-5-7-14/h3-10,12-13H,11H2,1-2H3,(H,21,23,26). The third-order valence-electron chi connectivity index (χ3n) is 4.04. The normalized spacial score (nSPS) is 11.2. The first kappa shape index (κ1) is 17.4. The average Bonchev–Trinajstić information content (AvgIpc) is 3.27. The molecule has 4 rings (SSSR count). The molecule has 0 spiro atoms. The molecule has 0 bridgehead atoms. The third-order valence-corrected chi connectivity index (χ3v) is 4.85. The Balaban J connectivity index is 1.54. The summed E-state index contributed by atoms with van der Waals surface area (Å²) in [7, 11) is 3.97. The van der Waals surface area contributed by atoms with Crippen LogP contribution in [0, 0.1) is 0 Å². The van der Waals surface area contributed by atoms with Crippen molar-refractivity contribution in [1.82, 2.24) is 19.3 Å². The van der Waals surface area contributed by atoms with E-state index in [0.29, 0.717) is 10.7 Å². The maximum absolute atomic E-state index is 12.6. The fourth-order valence-corrected chi connectivity index (χ4v) is 3.50. The Bertz CT molecular complexity index is 1080. The van der Waals surface area contributed by atoms with Crippen LogP contribution in [0.5, 0.6) is 0 Å². The van der Waals surface area contributed by atoms with Gasteiger partial charge in [-0.3, -0.25) is 10.1 Å². The highest BCUT2D eigenvalue weighted by atomic mass is 32.1. The molecule has 0 atom stereocenters. The van der Waals surface area contributed by atoms with E-state index >= 15 is 0 Å². The van der Waals surface area contributed by atoms with Crippen molar-refractivity contribution in [3.63, 3.8) is 0 Å². The molecule has 0 aliphatic carbocycles. The summed E-state index contributed by atoms with van der Waals surface area (Å²) >= 11 is 1.43. The van der Waals surface area contributed by atoms with E-state index < -0.39 is 0 Å². The van der Waals surface area contributed by atoms with E-state index in [1.165, 1.54) is 11.3 Å². The van der Waals surface area contributed by atoms with Gasteiger partial charge in [0.05, 0.1) is 11.4 Å². The molecule has 0 aliphatic heterocycles. The topological polar surface area (TPSA) is 62.5 Å². The number of amides is 1. The van der Waals surface area contributed by atoms with E-state index in [2.05, 4.69) is 15.3 Å². The van der Waals surface area contributed by atoms with Crippen LogP contribution in [0.4, 0.5) is 5.13 Å². The number of anilines is 1. The average molecular weight is 377 g/mol. The van der Waals surface area contributed by atoms with Gasteiger partial charge in [0.1, 0.15) is 5.65 Å². The van der Waals surface area contributed by atoms with Gasteiger partial charge in [0.15, 0.2) is 5.13 Å². The van der Waals surface area contributed by atoms with Gasteiger partial charge in [-0.2, -0.15) is 0 Å². The van der Waals surface area contributed by atoms with Crippen LogP contribution in [0.1, 0.15) is 16.1 Å². The summed E-state index contributed by atoms with van der Waals surface area (Å²) in [6.45, 7) is 0.745. The monoisotopic (exact) mass is 377 g/mol. The highest BCUT2D eigenvalue weighted by molar-refractivity contribution is 7.13. The Kier molecular flexibility index (Phi) is 4.70. The van der Waals surface area contributed by atoms with Gasteiger partial charge in [-0.1, -0.05) is 30.3 Å². The van der Waals surface area contributed by atoms with Crippen LogP contribution >= 0.6 is 11.3 Å². The third kappa shape index (κ3) is 3.89. The number of carbonyl (C=O) groups excluding carboxylic acids is 1. The Hall–Kier alpha value is -3.03. The zero-order chi connectivity index (χ0) is 18.8. The number of nitrogens with zero attached hydrogens (tertiary/aromatic N) is 4. The first-order valence-corrected chi connectivity index (χ1v) is 9.41. The molecule has 6 nitrogen and oxygen atoms in total. The molecule has 0 fully saturated rings. The molecule has 4 aromatic rings. The molecule has 1 amide bonds. The van der Waals surface area contributed by atoms with Crippen LogP contribution < -0.4 is 5.32 Å². The lowest BCUT2D eigenvalue weighted by Gasteiger charge is -2.05. The number of nitrogens with one attached hydrogen (secondary N) is 1. The minimum absolute atomic E-state index is 0.187. The number of hydrogen-bond donors (Lipinski definition) is 1. The van der Waals surface area contributed by atoms with Crippen molar-refractivity contribution in [2.75, 3.05) is 19.4 Å². The van der Waals surface area contributed by atoms with Gasteiger partial charge in [0, 0.05) is 35.4 Å². The van der Waals surface area contributed by atoms with Gasteiger partial charge < -0.3 is 9.30 Å². The Labute approximate surface area is 161 Å². The van der Waals surface area contributed by atoms with Crippen LogP contribution in [0.2, 0.25) is 0 Å². The second-order valence-corrected chi connectivity index (χ2v) is 7.37. The first-order chi connectivity index (χ1) is 13.1. The Morgan fingerprint density at radius 3 is 2.78 bits per heavy atom. The second-order valence-electron chi connectivity index (χ2n) is 6.51. The van der Waals surface area contributed by atoms with E-state index in [4.69, 9.17) is 0 Å². The molecule has 3 aromatic heterocycles. The lowest BCUT2D eigenvalue weighted by Crippen LogP contribution is -2.13. The number of pyridine rings is 1. The molecule has 1 N–H and O–H groups in total. The van der Waals surface area contributed by atoms with Crippen LogP contribution in [-0.2, 0) is 6.54 Å². The largest absolute Gasteiger partial charge is 0.306 e. The number of thiazole rings is 1. The van der Waals surface area contributed by atoms with E-state index in [0.717, 1.165) is 29.1 Å². The summed E-state index contributed by atoms with van der Waals surface area (Å²) in [4.78, 5) is 23.7. The molecule has 136 valence electrons. The maximum atomic E-state index is 12.6. The molecule has 7 heteroatoms. The molecule has 0 saturated carbocycles. The summed E-state index contributed by atoms with van der Waals surface area (Å²) < 4.78 is 1.91. The molecule has 1 aromatic carbocycles. The van der Waals surface area contributed by atoms with Crippen molar-refractivity contribution in [1.29, 1.82) is 0 Å². The van der Waals surface area contributed by atoms with Crippen molar-refractivity contribution >= 4 is 28.0 Å². The number of carbonyl (C=O) groups is 1.